The Morgan fingerprint density at radius 2 is 1.89 bits per heavy atom. The van der Waals surface area contributed by atoms with E-state index in [1.54, 1.807) is 19.2 Å². The van der Waals surface area contributed by atoms with Crippen LogP contribution in [0.3, 0.4) is 0 Å². The minimum Gasteiger partial charge on any atom is -0.507 e. The Hall–Kier alpha value is -2.56. The molecule has 96 valence electrons. The summed E-state index contributed by atoms with van der Waals surface area (Å²) in [5.74, 6) is -0.101. The van der Waals surface area contributed by atoms with Gasteiger partial charge in [0, 0.05) is 23.0 Å². The number of phenols is 2. The topological polar surface area (TPSA) is 86.2 Å². The summed E-state index contributed by atoms with van der Waals surface area (Å²) in [4.78, 5) is 18.1. The summed E-state index contributed by atoms with van der Waals surface area (Å²) < 4.78 is 0. The Kier molecular flexibility index (Phi) is 2.25. The smallest absolute Gasteiger partial charge is 0.248 e. The zero-order valence-electron chi connectivity index (χ0n) is 10.5. The Bertz CT molecular complexity index is 881. The lowest BCUT2D eigenvalue weighted by Crippen LogP contribution is -2.05. The largest absolute Gasteiger partial charge is 0.507 e. The highest BCUT2D eigenvalue weighted by atomic mass is 16.3. The number of H-pyrrole nitrogens is 1. The normalized spacial score (nSPS) is 11.3. The summed E-state index contributed by atoms with van der Waals surface area (Å²) in [6.07, 6.45) is 1.60. The molecule has 0 aliphatic rings. The second kappa shape index (κ2) is 3.71. The van der Waals surface area contributed by atoms with E-state index in [0.29, 0.717) is 16.3 Å². The van der Waals surface area contributed by atoms with Crippen LogP contribution in [-0.4, -0.2) is 20.2 Å². The molecular formula is C14H12N2O3. The van der Waals surface area contributed by atoms with Gasteiger partial charge < -0.3 is 15.2 Å². The Morgan fingerprint density at radius 3 is 2.63 bits per heavy atom. The molecule has 0 atom stereocenters. The van der Waals surface area contributed by atoms with E-state index in [1.165, 1.54) is 6.07 Å². The third-order valence-electron chi connectivity index (χ3n) is 3.22. The van der Waals surface area contributed by atoms with Crippen molar-refractivity contribution in [2.45, 2.75) is 13.8 Å². The molecule has 0 spiro atoms. The quantitative estimate of drug-likeness (QED) is 0.424. The number of aromatic nitrogens is 2. The van der Waals surface area contributed by atoms with Crippen molar-refractivity contribution >= 4 is 21.8 Å². The maximum atomic E-state index is 11.5. The number of nitrogens with one attached hydrogen (secondary N) is 1. The van der Waals surface area contributed by atoms with Gasteiger partial charge in [0.1, 0.15) is 11.3 Å². The van der Waals surface area contributed by atoms with Crippen LogP contribution in [0.15, 0.2) is 23.1 Å². The molecule has 0 saturated heterocycles. The van der Waals surface area contributed by atoms with Crippen molar-refractivity contribution in [3.05, 3.63) is 39.8 Å². The van der Waals surface area contributed by atoms with Gasteiger partial charge in [0.15, 0.2) is 5.75 Å². The van der Waals surface area contributed by atoms with Gasteiger partial charge in [0.25, 0.3) is 0 Å². The minimum atomic E-state index is -0.328. The molecule has 0 radical (unpaired) electrons. The van der Waals surface area contributed by atoms with Crippen LogP contribution < -0.4 is 5.56 Å². The fourth-order valence-electron chi connectivity index (χ4n) is 2.36. The van der Waals surface area contributed by atoms with Crippen LogP contribution in [-0.2, 0) is 0 Å². The first-order valence-electron chi connectivity index (χ1n) is 5.83. The van der Waals surface area contributed by atoms with Gasteiger partial charge in [-0.3, -0.25) is 9.78 Å². The van der Waals surface area contributed by atoms with Crippen LogP contribution in [0, 0.1) is 13.8 Å². The molecule has 0 aliphatic carbocycles. The van der Waals surface area contributed by atoms with Gasteiger partial charge in [-0.05, 0) is 31.0 Å². The molecule has 0 amide bonds. The molecule has 2 aromatic heterocycles. The van der Waals surface area contributed by atoms with E-state index in [-0.39, 0.29) is 28.1 Å². The molecule has 3 aromatic rings. The van der Waals surface area contributed by atoms with Crippen molar-refractivity contribution in [3.63, 3.8) is 0 Å². The highest BCUT2D eigenvalue weighted by molar-refractivity contribution is 6.08. The predicted octanol–water partition coefficient (Wildman–Crippen LogP) is 2.10. The summed E-state index contributed by atoms with van der Waals surface area (Å²) >= 11 is 0. The average Bonchev–Trinajstić information content (AvgIpc) is 2.35. The van der Waals surface area contributed by atoms with Gasteiger partial charge in [-0.2, -0.15) is 0 Å². The molecule has 0 saturated carbocycles. The molecule has 5 heteroatoms. The van der Waals surface area contributed by atoms with Crippen molar-refractivity contribution in [1.82, 2.24) is 9.97 Å². The third kappa shape index (κ3) is 1.55. The maximum absolute atomic E-state index is 11.5. The van der Waals surface area contributed by atoms with Gasteiger partial charge >= 0.3 is 0 Å². The second-order valence-electron chi connectivity index (χ2n) is 4.67. The first kappa shape index (κ1) is 11.5. The fourth-order valence-corrected chi connectivity index (χ4v) is 2.36. The molecule has 3 N–H and O–H groups in total. The highest BCUT2D eigenvalue weighted by Gasteiger charge is 2.16. The maximum Gasteiger partial charge on any atom is 0.248 e. The number of phenolic OH excluding ortho intramolecular Hbond substituents is 2. The summed E-state index contributed by atoms with van der Waals surface area (Å²) in [6.45, 7) is 3.57. The van der Waals surface area contributed by atoms with Crippen molar-refractivity contribution in [3.8, 4) is 11.5 Å². The summed E-state index contributed by atoms with van der Waals surface area (Å²) in [6, 6.07) is 3.14. The van der Waals surface area contributed by atoms with Gasteiger partial charge in [-0.1, -0.05) is 0 Å². The first-order valence-corrected chi connectivity index (χ1v) is 5.83. The van der Waals surface area contributed by atoms with E-state index in [2.05, 4.69) is 9.97 Å². The third-order valence-corrected chi connectivity index (χ3v) is 3.22. The molecule has 0 bridgehead atoms. The molecule has 2 heterocycles. The fraction of sp³-hybridized carbons (Fsp3) is 0.143. The Labute approximate surface area is 108 Å². The molecule has 0 aliphatic heterocycles. The summed E-state index contributed by atoms with van der Waals surface area (Å²) in [5, 5.41) is 21.5. The number of nitrogens with zero attached hydrogens (tertiary/aromatic N) is 1. The number of aryl methyl sites for hydroxylation is 2. The number of rotatable bonds is 0. The lowest BCUT2D eigenvalue weighted by Gasteiger charge is -2.10. The van der Waals surface area contributed by atoms with Gasteiger partial charge in [-0.25, -0.2) is 0 Å². The molecule has 19 heavy (non-hydrogen) atoms. The molecule has 0 unspecified atom stereocenters. The van der Waals surface area contributed by atoms with Crippen LogP contribution in [0.5, 0.6) is 11.5 Å². The zero-order valence-corrected chi connectivity index (χ0v) is 10.5. The molecule has 3 rings (SSSR count). The molecular weight excluding hydrogens is 244 g/mol. The highest BCUT2D eigenvalue weighted by Crippen LogP contribution is 2.40. The zero-order chi connectivity index (χ0) is 13.7. The van der Waals surface area contributed by atoms with E-state index in [4.69, 9.17) is 0 Å². The number of hydrogen-bond acceptors (Lipinski definition) is 4. The second-order valence-corrected chi connectivity index (χ2v) is 4.67. The van der Waals surface area contributed by atoms with Crippen LogP contribution >= 0.6 is 0 Å². The summed E-state index contributed by atoms with van der Waals surface area (Å²) in [7, 11) is 0. The number of aromatic amines is 1. The first-order chi connectivity index (χ1) is 8.99. The van der Waals surface area contributed by atoms with Gasteiger partial charge in [0.05, 0.1) is 5.52 Å². The van der Waals surface area contributed by atoms with Crippen LogP contribution in [0.2, 0.25) is 0 Å². The van der Waals surface area contributed by atoms with Crippen LogP contribution in [0.25, 0.3) is 21.8 Å². The minimum absolute atomic E-state index is 0.0211. The molecule has 0 fully saturated rings. The number of benzene rings is 1. The summed E-state index contributed by atoms with van der Waals surface area (Å²) in [5.41, 5.74) is 1.65. The van der Waals surface area contributed by atoms with Crippen LogP contribution in [0.1, 0.15) is 11.1 Å². The van der Waals surface area contributed by atoms with Crippen LogP contribution in [0.4, 0.5) is 0 Å². The number of pyridine rings is 2. The van der Waals surface area contributed by atoms with Crippen molar-refractivity contribution in [2.75, 3.05) is 0 Å². The average molecular weight is 256 g/mol. The van der Waals surface area contributed by atoms with Gasteiger partial charge in [0.2, 0.25) is 5.56 Å². The van der Waals surface area contributed by atoms with E-state index >= 15 is 0 Å². The van der Waals surface area contributed by atoms with Gasteiger partial charge in [-0.15, -0.1) is 0 Å². The standard InChI is InChI=1S/C14H12N2O3/c1-6-3-8-11(15-5-6)14(19)12-10(13(8)18)7(2)4-9(17)16-12/h3-5,18-19H,1-2H3,(H,16,17). The number of fused-ring (bicyclic) bond motifs is 2. The lowest BCUT2D eigenvalue weighted by molar-refractivity contribution is 0.476. The van der Waals surface area contributed by atoms with E-state index in [0.717, 1.165) is 5.56 Å². The van der Waals surface area contributed by atoms with Crippen molar-refractivity contribution in [2.24, 2.45) is 0 Å². The number of aromatic hydroxyl groups is 2. The Balaban J connectivity index is 2.68. The van der Waals surface area contributed by atoms with E-state index in [1.807, 2.05) is 6.92 Å². The Morgan fingerprint density at radius 1 is 1.16 bits per heavy atom. The van der Waals surface area contributed by atoms with Crippen molar-refractivity contribution in [1.29, 1.82) is 0 Å². The monoisotopic (exact) mass is 256 g/mol. The lowest BCUT2D eigenvalue weighted by atomic mass is 10.0. The van der Waals surface area contributed by atoms with Crippen molar-refractivity contribution < 1.29 is 10.2 Å². The molecule has 5 nitrogen and oxygen atoms in total. The number of hydrogen-bond donors (Lipinski definition) is 3. The van der Waals surface area contributed by atoms with E-state index < -0.39 is 0 Å². The predicted molar refractivity (Wildman–Crippen MR) is 72.7 cm³/mol. The van der Waals surface area contributed by atoms with E-state index in [9.17, 15) is 15.0 Å². The SMILES string of the molecule is Cc1cnc2c(O)c3[nH]c(=O)cc(C)c3c(O)c2c1. The molecule has 1 aromatic carbocycles.